The van der Waals surface area contributed by atoms with Crippen LogP contribution < -0.4 is 5.32 Å². The van der Waals surface area contributed by atoms with Crippen LogP contribution in [0.25, 0.3) is 0 Å². The number of fused-ring (bicyclic) bond motifs is 1. The van der Waals surface area contributed by atoms with Crippen molar-refractivity contribution in [3.05, 3.63) is 29.3 Å². The Morgan fingerprint density at radius 1 is 1.37 bits per heavy atom. The molecule has 0 unspecified atom stereocenters. The minimum absolute atomic E-state index is 0.171. The van der Waals surface area contributed by atoms with Gasteiger partial charge in [0.25, 0.3) is 0 Å². The molecule has 1 aromatic carbocycles. The Bertz CT molecular complexity index is 482. The number of hydrogen-bond acceptors (Lipinski definition) is 2. The summed E-state index contributed by atoms with van der Waals surface area (Å²) in [5.74, 6) is 1.44. The third-order valence-electron chi connectivity index (χ3n) is 4.16. The van der Waals surface area contributed by atoms with Crippen LogP contribution in [0.4, 0.5) is 0 Å². The molecule has 1 aromatic rings. The van der Waals surface area contributed by atoms with Gasteiger partial charge in [0.15, 0.2) is 0 Å². The molecule has 1 N–H and O–H groups in total. The van der Waals surface area contributed by atoms with Gasteiger partial charge in [-0.25, -0.2) is 0 Å². The van der Waals surface area contributed by atoms with Gasteiger partial charge in [-0.1, -0.05) is 6.07 Å². The zero-order chi connectivity index (χ0) is 13.2. The fraction of sp³-hybridized carbons (Fsp3) is 0.562. The van der Waals surface area contributed by atoms with Crippen molar-refractivity contribution in [2.75, 3.05) is 5.75 Å². The molecule has 0 aliphatic heterocycles. The van der Waals surface area contributed by atoms with E-state index in [1.165, 1.54) is 48.1 Å². The maximum absolute atomic E-state index is 11.9. The van der Waals surface area contributed by atoms with E-state index >= 15 is 0 Å². The molecule has 102 valence electrons. The first-order valence-electron chi connectivity index (χ1n) is 7.26. The number of aryl methyl sites for hydroxylation is 2. The van der Waals surface area contributed by atoms with E-state index in [-0.39, 0.29) is 5.91 Å². The lowest BCUT2D eigenvalue weighted by Gasteiger charge is -2.12. The Morgan fingerprint density at radius 3 is 2.95 bits per heavy atom. The first-order chi connectivity index (χ1) is 9.22. The summed E-state index contributed by atoms with van der Waals surface area (Å²) in [6.45, 7) is 2.12. The van der Waals surface area contributed by atoms with Gasteiger partial charge in [0, 0.05) is 10.9 Å². The summed E-state index contributed by atoms with van der Waals surface area (Å²) in [5, 5.41) is 3.10. The molecule has 1 fully saturated rings. The number of rotatable bonds is 5. The zero-order valence-corrected chi connectivity index (χ0v) is 12.3. The lowest BCUT2D eigenvalue weighted by Crippen LogP contribution is -2.35. The summed E-state index contributed by atoms with van der Waals surface area (Å²) in [6.07, 6.45) is 6.26. The molecule has 1 saturated carbocycles. The van der Waals surface area contributed by atoms with Gasteiger partial charge in [-0.15, -0.1) is 11.8 Å². The summed E-state index contributed by atoms with van der Waals surface area (Å²) >= 11 is 1.66. The smallest absolute Gasteiger partial charge is 0.230 e. The average Bonchev–Trinajstić information content (AvgIpc) is 3.15. The van der Waals surface area contributed by atoms with Crippen LogP contribution in [0.2, 0.25) is 0 Å². The van der Waals surface area contributed by atoms with E-state index in [1.807, 2.05) is 0 Å². The number of thioether (sulfide) groups is 1. The van der Waals surface area contributed by atoms with Crippen LogP contribution in [0.3, 0.4) is 0 Å². The molecule has 2 nitrogen and oxygen atoms in total. The van der Waals surface area contributed by atoms with Crippen molar-refractivity contribution in [3.8, 4) is 0 Å². The van der Waals surface area contributed by atoms with Crippen molar-refractivity contribution < 1.29 is 4.79 Å². The first kappa shape index (κ1) is 13.0. The molecule has 0 bridgehead atoms. The van der Waals surface area contributed by atoms with Crippen LogP contribution in [0.15, 0.2) is 23.1 Å². The van der Waals surface area contributed by atoms with E-state index < -0.39 is 0 Å². The molecule has 1 amide bonds. The molecule has 0 heterocycles. The minimum Gasteiger partial charge on any atom is -0.353 e. The molecule has 0 saturated heterocycles. The Kier molecular flexibility index (Phi) is 3.83. The second kappa shape index (κ2) is 5.58. The molecular formula is C16H21NOS. The SMILES string of the molecule is C[C@@H](NC(=O)CSc1ccc2c(c1)CCC2)C1CC1. The highest BCUT2D eigenvalue weighted by molar-refractivity contribution is 8.00. The fourth-order valence-corrected chi connectivity index (χ4v) is 3.57. The summed E-state index contributed by atoms with van der Waals surface area (Å²) in [7, 11) is 0. The first-order valence-corrected chi connectivity index (χ1v) is 8.25. The van der Waals surface area contributed by atoms with Crippen LogP contribution >= 0.6 is 11.8 Å². The quantitative estimate of drug-likeness (QED) is 0.836. The van der Waals surface area contributed by atoms with Gasteiger partial charge in [0.2, 0.25) is 5.91 Å². The van der Waals surface area contributed by atoms with E-state index in [1.54, 1.807) is 11.8 Å². The molecule has 1 atom stereocenters. The molecule has 3 rings (SSSR count). The third kappa shape index (κ3) is 3.33. The topological polar surface area (TPSA) is 29.1 Å². The Hall–Kier alpha value is -0.960. The highest BCUT2D eigenvalue weighted by Crippen LogP contribution is 2.32. The summed E-state index contributed by atoms with van der Waals surface area (Å²) < 4.78 is 0. The monoisotopic (exact) mass is 275 g/mol. The van der Waals surface area contributed by atoms with Crippen molar-refractivity contribution >= 4 is 17.7 Å². The molecule has 0 spiro atoms. The number of carbonyl (C=O) groups is 1. The maximum atomic E-state index is 11.9. The molecule has 0 radical (unpaired) electrons. The second-order valence-corrected chi connectivity index (χ2v) is 6.82. The van der Waals surface area contributed by atoms with Crippen LogP contribution in [0.1, 0.15) is 37.3 Å². The van der Waals surface area contributed by atoms with Gasteiger partial charge in [0.1, 0.15) is 0 Å². The van der Waals surface area contributed by atoms with E-state index in [9.17, 15) is 4.79 Å². The van der Waals surface area contributed by atoms with Gasteiger partial charge in [-0.2, -0.15) is 0 Å². The second-order valence-electron chi connectivity index (χ2n) is 5.77. The van der Waals surface area contributed by atoms with Crippen LogP contribution in [-0.4, -0.2) is 17.7 Å². The number of benzene rings is 1. The average molecular weight is 275 g/mol. The molecule has 2 aliphatic carbocycles. The molecule has 2 aliphatic rings. The van der Waals surface area contributed by atoms with E-state index in [0.717, 1.165) is 5.92 Å². The Labute approximate surface area is 119 Å². The maximum Gasteiger partial charge on any atom is 0.230 e. The molecule has 3 heteroatoms. The highest BCUT2D eigenvalue weighted by Gasteiger charge is 2.28. The van der Waals surface area contributed by atoms with Crippen LogP contribution in [0.5, 0.6) is 0 Å². The number of carbonyl (C=O) groups excluding carboxylic acids is 1. The number of hydrogen-bond donors (Lipinski definition) is 1. The standard InChI is InChI=1S/C16H21NOS/c1-11(12-5-6-12)17-16(18)10-19-15-8-7-13-3-2-4-14(13)9-15/h7-9,11-12H,2-6,10H2,1H3,(H,17,18)/t11-/m1/s1. The predicted molar refractivity (Wildman–Crippen MR) is 79.5 cm³/mol. The highest BCUT2D eigenvalue weighted by atomic mass is 32.2. The normalized spacial score (nSPS) is 19.0. The van der Waals surface area contributed by atoms with Crippen LogP contribution in [0, 0.1) is 5.92 Å². The fourth-order valence-electron chi connectivity index (χ4n) is 2.80. The summed E-state index contributed by atoms with van der Waals surface area (Å²) in [5.41, 5.74) is 2.98. The Morgan fingerprint density at radius 2 is 2.16 bits per heavy atom. The zero-order valence-electron chi connectivity index (χ0n) is 11.4. The minimum atomic E-state index is 0.171. The Balaban J connectivity index is 1.50. The van der Waals surface area contributed by atoms with Gasteiger partial charge >= 0.3 is 0 Å². The number of amides is 1. The molecular weight excluding hydrogens is 254 g/mol. The lowest BCUT2D eigenvalue weighted by atomic mass is 10.1. The van der Waals surface area contributed by atoms with Crippen molar-refractivity contribution in [2.45, 2.75) is 50.0 Å². The van der Waals surface area contributed by atoms with Crippen molar-refractivity contribution in [1.82, 2.24) is 5.32 Å². The van der Waals surface area contributed by atoms with Gasteiger partial charge in [-0.3, -0.25) is 4.79 Å². The van der Waals surface area contributed by atoms with Crippen molar-refractivity contribution in [1.29, 1.82) is 0 Å². The largest absolute Gasteiger partial charge is 0.353 e. The van der Waals surface area contributed by atoms with Gasteiger partial charge in [0.05, 0.1) is 5.75 Å². The van der Waals surface area contributed by atoms with Gasteiger partial charge < -0.3 is 5.32 Å². The number of nitrogens with one attached hydrogen (secondary N) is 1. The summed E-state index contributed by atoms with van der Waals surface area (Å²) in [6, 6.07) is 7.01. The lowest BCUT2D eigenvalue weighted by molar-refractivity contribution is -0.119. The van der Waals surface area contributed by atoms with E-state index in [2.05, 4.69) is 30.4 Å². The predicted octanol–water partition coefficient (Wildman–Crippen LogP) is 3.18. The van der Waals surface area contributed by atoms with Crippen LogP contribution in [-0.2, 0) is 17.6 Å². The molecule has 0 aromatic heterocycles. The molecule has 19 heavy (non-hydrogen) atoms. The van der Waals surface area contributed by atoms with Crippen molar-refractivity contribution in [3.63, 3.8) is 0 Å². The van der Waals surface area contributed by atoms with Gasteiger partial charge in [-0.05, 0) is 68.2 Å². The van der Waals surface area contributed by atoms with Crippen molar-refractivity contribution in [2.24, 2.45) is 5.92 Å². The summed E-state index contributed by atoms with van der Waals surface area (Å²) in [4.78, 5) is 13.1. The van der Waals surface area contributed by atoms with E-state index in [0.29, 0.717) is 11.8 Å². The third-order valence-corrected chi connectivity index (χ3v) is 5.15. The van der Waals surface area contributed by atoms with E-state index in [4.69, 9.17) is 0 Å².